The predicted molar refractivity (Wildman–Crippen MR) is 392 cm³/mol. The molecule has 0 atom stereocenters. The van der Waals surface area contributed by atoms with Crippen LogP contribution < -0.4 is 31.1 Å². The van der Waals surface area contributed by atoms with Gasteiger partial charge in [-0.3, -0.25) is 9.59 Å². The van der Waals surface area contributed by atoms with Gasteiger partial charge in [-0.2, -0.15) is 0 Å². The minimum Gasteiger partial charge on any atom is -0.459 e. The second-order valence-corrected chi connectivity index (χ2v) is 27.3. The summed E-state index contributed by atoms with van der Waals surface area (Å²) in [5, 5.41) is 14.4. The van der Waals surface area contributed by atoms with E-state index in [2.05, 4.69) is 52.5 Å². The monoisotopic (exact) mass is 1350 g/mol. The number of hydrogen-bond donors (Lipinski definition) is 4. The van der Waals surface area contributed by atoms with Gasteiger partial charge in [0.2, 0.25) is 23.7 Å². The number of anilines is 8. The number of carbonyl (C=O) groups excluding carboxylic acids is 4. The number of benzene rings is 5. The molecule has 0 unspecified atom stereocenters. The lowest BCUT2D eigenvalue weighted by Crippen LogP contribution is -2.29. The minimum absolute atomic E-state index is 0.176. The summed E-state index contributed by atoms with van der Waals surface area (Å²) in [5.74, 6) is -1.56. The number of ether oxygens (including phenoxy) is 3. The second kappa shape index (κ2) is 33.8. The lowest BCUT2D eigenvalue weighted by atomic mass is 10.1. The van der Waals surface area contributed by atoms with Gasteiger partial charge in [0.25, 0.3) is 0 Å². The number of amides is 2. The number of likely N-dealkylation sites (N-methyl/N-ethyl adjacent to an activating group) is 4. The Morgan fingerprint density at radius 2 is 1.03 bits per heavy atom. The predicted octanol–water partition coefficient (Wildman–Crippen LogP) is 12.2. The summed E-state index contributed by atoms with van der Waals surface area (Å²) in [6.07, 6.45) is 9.79. The molecule has 4 N–H and O–H groups in total. The lowest BCUT2D eigenvalue weighted by Gasteiger charge is -2.26. The Kier molecular flexibility index (Phi) is 25.4. The van der Waals surface area contributed by atoms with Gasteiger partial charge in [-0.25, -0.2) is 37.9 Å². The Bertz CT molecular complexity index is 4400. The molecule has 0 saturated carbocycles. The van der Waals surface area contributed by atoms with Crippen molar-refractivity contribution in [2.24, 2.45) is 14.1 Å². The lowest BCUT2D eigenvalue weighted by molar-refractivity contribution is -0.116. The van der Waals surface area contributed by atoms with Crippen LogP contribution in [0.2, 0.25) is 0 Å². The molecule has 23 nitrogen and oxygen atoms in total. The highest BCUT2D eigenvalue weighted by atomic mass is 32.2. The number of aryl methyl sites for hydroxylation is 4. The number of sulfone groups is 1. The van der Waals surface area contributed by atoms with Crippen molar-refractivity contribution >= 4 is 101 Å². The van der Waals surface area contributed by atoms with E-state index < -0.39 is 27.7 Å². The summed E-state index contributed by atoms with van der Waals surface area (Å²) in [7, 11) is 12.2. The number of nitrogens with one attached hydrogen (secondary N) is 4. The van der Waals surface area contributed by atoms with Gasteiger partial charge in [-0.1, -0.05) is 61.2 Å². The molecule has 0 spiro atoms. The first-order chi connectivity index (χ1) is 46.7. The zero-order valence-electron chi connectivity index (χ0n) is 58.7. The molecule has 1 aliphatic rings. The Labute approximate surface area is 575 Å². The van der Waals surface area contributed by atoms with Gasteiger partial charge in [0.15, 0.2) is 9.84 Å². The Balaban J connectivity index is 0.000000237. The van der Waals surface area contributed by atoms with Crippen molar-refractivity contribution in [3.05, 3.63) is 163 Å². The molecule has 10 rings (SSSR count). The van der Waals surface area contributed by atoms with Crippen LogP contribution in [0.3, 0.4) is 0 Å². The fourth-order valence-corrected chi connectivity index (χ4v) is 12.0. The average molecular weight is 1350 g/mol. The number of carbonyl (C=O) groups is 4. The number of fused-ring (bicyclic) bond motifs is 2. The fraction of sp³-hybridized carbons (Fsp3) is 0.351. The van der Waals surface area contributed by atoms with Gasteiger partial charge in [-0.05, 0) is 148 Å². The first-order valence-electron chi connectivity index (χ1n) is 32.6. The van der Waals surface area contributed by atoms with Crippen LogP contribution in [0.1, 0.15) is 78.8 Å². The minimum atomic E-state index is -3.64. The molecule has 9 aromatic rings. The van der Waals surface area contributed by atoms with Crippen LogP contribution in [-0.2, 0) is 47.7 Å². The molecule has 0 aliphatic carbocycles. The third-order valence-electron chi connectivity index (χ3n) is 16.0. The molecule has 98 heavy (non-hydrogen) atoms. The molecule has 5 aromatic carbocycles. The van der Waals surface area contributed by atoms with E-state index in [1.54, 1.807) is 52.0 Å². The van der Waals surface area contributed by atoms with Gasteiger partial charge >= 0.3 is 11.9 Å². The average Bonchev–Trinajstić information content (AvgIpc) is 1.57. The Morgan fingerprint density at radius 3 is 1.44 bits per heavy atom. The highest BCUT2D eigenvalue weighted by Gasteiger charge is 2.26. The summed E-state index contributed by atoms with van der Waals surface area (Å²) >= 11 is 0. The largest absolute Gasteiger partial charge is 0.459 e. The van der Waals surface area contributed by atoms with Gasteiger partial charge < -0.3 is 64.2 Å². The molecule has 5 heterocycles. The van der Waals surface area contributed by atoms with E-state index in [4.69, 9.17) is 24.2 Å². The van der Waals surface area contributed by atoms with Crippen molar-refractivity contribution < 1.29 is 41.8 Å². The van der Waals surface area contributed by atoms with Crippen LogP contribution in [0.4, 0.5) is 46.0 Å². The molecule has 0 bridgehead atoms. The van der Waals surface area contributed by atoms with Crippen LogP contribution in [0.5, 0.6) is 0 Å². The number of para-hydroxylation sites is 2. The maximum Gasteiger partial charge on any atom is 0.342 e. The summed E-state index contributed by atoms with van der Waals surface area (Å²) in [5.41, 5.74) is 10.8. The van der Waals surface area contributed by atoms with Crippen LogP contribution >= 0.6 is 0 Å². The number of hydrogen-bond acceptors (Lipinski definition) is 19. The van der Waals surface area contributed by atoms with E-state index in [0.717, 1.165) is 88.3 Å². The summed E-state index contributed by atoms with van der Waals surface area (Å²) in [6.45, 7) is 19.8. The summed E-state index contributed by atoms with van der Waals surface area (Å²) in [6, 6.07) is 31.5. The maximum atomic E-state index is 13.3. The fourth-order valence-electron chi connectivity index (χ4n) is 10.8. The number of nitrogens with zero attached hydrogens (tertiary/aromatic N) is 10. The van der Waals surface area contributed by atoms with Gasteiger partial charge in [0, 0.05) is 143 Å². The van der Waals surface area contributed by atoms with Crippen LogP contribution in [0.25, 0.3) is 44.3 Å². The highest BCUT2D eigenvalue weighted by Crippen LogP contribution is 2.38. The first-order valence-corrected chi connectivity index (χ1v) is 34.3. The van der Waals surface area contributed by atoms with Crippen molar-refractivity contribution in [1.29, 1.82) is 0 Å². The molecule has 518 valence electrons. The maximum absolute atomic E-state index is 13.3. The molecular weight excluding hydrogens is 1260 g/mol. The molecule has 1 fully saturated rings. The van der Waals surface area contributed by atoms with Crippen molar-refractivity contribution in [2.45, 2.75) is 77.9 Å². The zero-order valence-corrected chi connectivity index (χ0v) is 59.5. The van der Waals surface area contributed by atoms with Crippen molar-refractivity contribution in [3.63, 3.8) is 0 Å². The Hall–Kier alpha value is -10.0. The molecule has 4 aromatic heterocycles. The third kappa shape index (κ3) is 19.4. The highest BCUT2D eigenvalue weighted by molar-refractivity contribution is 7.91. The van der Waals surface area contributed by atoms with Crippen LogP contribution in [-0.4, -0.2) is 171 Å². The summed E-state index contributed by atoms with van der Waals surface area (Å²) < 4.78 is 45.8. The quantitative estimate of drug-likeness (QED) is 0.0306. The molecule has 0 radical (unpaired) electrons. The number of esters is 2. The second-order valence-electron chi connectivity index (χ2n) is 25.2. The van der Waals surface area contributed by atoms with E-state index in [9.17, 15) is 27.6 Å². The van der Waals surface area contributed by atoms with Crippen LogP contribution in [0, 0.1) is 13.8 Å². The standard InChI is InChI=1S/C38H45N7O5S.C32H39N7O3.C4H8O/c1-25(2)50-37(47)29-23-39-38(42-36(29)30-24-45(7)33-16-12-11-15-28(30)33)41-31-22-32(34(21-26(31)3)44(6)19-18-43(4)5)40-35(46)17-20-51(48,49)27-13-9-8-10-14-27;1-9-29(40)34-26-17-25(21(4)16-28(26)38(7)15-14-37(5)6)35-32-33-18-23(31(41)42-20(2)3)30(36-32)24-19-39(8)27-13-11-10-12-22(24)27;1-2-4-5-3-1/h8-16,21-25H,17-20H2,1-7H3,(H,40,46)(H,39,41,42);9-13,16-20H,1,14-15H2,2-8H3,(H,34,40)(H,33,35,36);1-4H2. The van der Waals surface area contributed by atoms with Crippen molar-refractivity contribution in [1.82, 2.24) is 38.9 Å². The van der Waals surface area contributed by atoms with E-state index in [1.807, 2.05) is 163 Å². The van der Waals surface area contributed by atoms with E-state index >= 15 is 0 Å². The van der Waals surface area contributed by atoms with Crippen molar-refractivity contribution in [3.8, 4) is 22.5 Å². The number of aromatic nitrogens is 6. The topological polar surface area (TPSA) is 253 Å². The van der Waals surface area contributed by atoms with Crippen LogP contribution in [0.15, 0.2) is 145 Å². The molecule has 2 amide bonds. The molecular formula is C74H92N14O9S. The van der Waals surface area contributed by atoms with E-state index in [1.165, 1.54) is 43.4 Å². The summed E-state index contributed by atoms with van der Waals surface area (Å²) in [4.78, 5) is 79.1. The van der Waals surface area contributed by atoms with Crippen molar-refractivity contribution in [2.75, 3.05) is 118 Å². The molecule has 1 aliphatic heterocycles. The Morgan fingerprint density at radius 1 is 0.602 bits per heavy atom. The van der Waals surface area contributed by atoms with Gasteiger partial charge in [0.1, 0.15) is 11.1 Å². The molecule has 24 heteroatoms. The number of rotatable bonds is 25. The smallest absolute Gasteiger partial charge is 0.342 e. The zero-order chi connectivity index (χ0) is 71.0. The molecule has 1 saturated heterocycles. The van der Waals surface area contributed by atoms with E-state index in [-0.39, 0.29) is 52.3 Å². The SMILES string of the molecule is C1CCOC1.C=CC(=O)Nc1cc(Nc2ncc(C(=O)OC(C)C)c(-c3cn(C)c4ccccc34)n2)c(C)cc1N(C)CCN(C)C.Cc1cc(N(C)CCN(C)C)c(NC(=O)CCS(=O)(=O)c2ccccc2)cc1Nc1ncc(C(=O)OC(C)C)c(-c2cn(C)c3ccccc23)n1. The van der Waals surface area contributed by atoms with Gasteiger partial charge in [-0.15, -0.1) is 0 Å². The normalized spacial score (nSPS) is 12.1. The van der Waals surface area contributed by atoms with Gasteiger partial charge in [0.05, 0.1) is 57.0 Å². The van der Waals surface area contributed by atoms with E-state index in [0.29, 0.717) is 46.6 Å². The first kappa shape index (κ1) is 73.8. The third-order valence-corrected chi connectivity index (χ3v) is 17.7.